The number of nitrogens with two attached hydrogens (primary N) is 1. The second-order valence-corrected chi connectivity index (χ2v) is 4.10. The Morgan fingerprint density at radius 2 is 2.42 bits per heavy atom. The van der Waals surface area contributed by atoms with Gasteiger partial charge in [0.1, 0.15) is 0 Å². The van der Waals surface area contributed by atoms with Crippen LogP contribution in [0, 0.1) is 5.41 Å². The Morgan fingerprint density at radius 1 is 1.68 bits per heavy atom. The number of hydrogen-bond acceptors (Lipinski definition) is 3. The van der Waals surface area contributed by atoms with E-state index in [4.69, 9.17) is 22.7 Å². The monoisotopic (exact) mass is 281 g/mol. The summed E-state index contributed by atoms with van der Waals surface area (Å²) < 4.78 is 0. The van der Waals surface area contributed by atoms with Crippen molar-refractivity contribution in [3.05, 3.63) is 41.7 Å². The third-order valence-electron chi connectivity index (χ3n) is 2.34. The Morgan fingerprint density at radius 3 is 3.00 bits per heavy atom. The van der Waals surface area contributed by atoms with E-state index in [0.717, 1.165) is 4.90 Å². The normalized spacial score (nSPS) is 9.74. The van der Waals surface area contributed by atoms with Crippen molar-refractivity contribution < 1.29 is 4.79 Å². The fraction of sp³-hybridized carbons (Fsp3) is 0.250. The summed E-state index contributed by atoms with van der Waals surface area (Å²) in [7, 11) is 0. The average molecular weight is 282 g/mol. The number of carbonyl (C=O) groups excluding carboxylic acids is 1. The summed E-state index contributed by atoms with van der Waals surface area (Å²) in [6.45, 7) is 4.04. The predicted octanol–water partition coefficient (Wildman–Crippen LogP) is 1.37. The molecule has 0 aliphatic carbocycles. The standard InChI is InChI=1S/C12H16ClN5O/c1-2-6-17-12(19)18(11(14)15)8-5-10-9(13)4-3-7-16-10/h2-4,7H,1,5-6,8H2,(H3,14,15)(H,17,19). The fourth-order valence-corrected chi connectivity index (χ4v) is 1.62. The summed E-state index contributed by atoms with van der Waals surface area (Å²) in [5.41, 5.74) is 6.04. The second-order valence-electron chi connectivity index (χ2n) is 3.69. The van der Waals surface area contributed by atoms with E-state index in [1.165, 1.54) is 0 Å². The summed E-state index contributed by atoms with van der Waals surface area (Å²) in [6.07, 6.45) is 3.59. The maximum absolute atomic E-state index is 11.7. The van der Waals surface area contributed by atoms with Gasteiger partial charge in [0, 0.05) is 25.7 Å². The SMILES string of the molecule is C=CCNC(=O)N(CCc1ncccc1Cl)C(=N)N. The molecule has 0 fully saturated rings. The first-order valence-corrected chi connectivity index (χ1v) is 6.03. The molecule has 1 heterocycles. The minimum Gasteiger partial charge on any atom is -0.370 e. The van der Waals surface area contributed by atoms with Gasteiger partial charge in [-0.15, -0.1) is 6.58 Å². The Bertz CT molecular complexity index is 477. The maximum atomic E-state index is 11.7. The lowest BCUT2D eigenvalue weighted by Crippen LogP contribution is -2.47. The van der Waals surface area contributed by atoms with E-state index < -0.39 is 6.03 Å². The molecule has 0 unspecified atom stereocenters. The smallest absolute Gasteiger partial charge is 0.324 e. The summed E-state index contributed by atoms with van der Waals surface area (Å²) in [6, 6.07) is 3.00. The van der Waals surface area contributed by atoms with Crippen LogP contribution in [-0.4, -0.2) is 35.0 Å². The van der Waals surface area contributed by atoms with E-state index in [1.807, 2.05) is 0 Å². The molecule has 0 saturated heterocycles. The van der Waals surface area contributed by atoms with Crippen molar-refractivity contribution in [3.8, 4) is 0 Å². The minimum atomic E-state index is -0.445. The van der Waals surface area contributed by atoms with Gasteiger partial charge in [0.25, 0.3) is 0 Å². The van der Waals surface area contributed by atoms with Crippen LogP contribution in [0.3, 0.4) is 0 Å². The van der Waals surface area contributed by atoms with Crippen LogP contribution in [0.25, 0.3) is 0 Å². The zero-order valence-corrected chi connectivity index (χ0v) is 11.2. The number of amides is 2. The summed E-state index contributed by atoms with van der Waals surface area (Å²) >= 11 is 5.97. The lowest BCUT2D eigenvalue weighted by Gasteiger charge is -2.20. The van der Waals surface area contributed by atoms with E-state index in [2.05, 4.69) is 16.9 Å². The Balaban J connectivity index is 2.64. The summed E-state index contributed by atoms with van der Waals surface area (Å²) in [5.74, 6) is -0.325. The molecule has 1 aromatic heterocycles. The number of aromatic nitrogens is 1. The molecule has 1 rings (SSSR count). The van der Waals surface area contributed by atoms with Crippen LogP contribution >= 0.6 is 11.6 Å². The van der Waals surface area contributed by atoms with E-state index in [9.17, 15) is 4.79 Å². The minimum absolute atomic E-state index is 0.231. The number of guanidine groups is 1. The van der Waals surface area contributed by atoms with Gasteiger partial charge in [-0.1, -0.05) is 17.7 Å². The van der Waals surface area contributed by atoms with Gasteiger partial charge in [-0.05, 0) is 12.1 Å². The molecule has 7 heteroatoms. The number of pyridine rings is 1. The number of urea groups is 1. The number of nitrogens with one attached hydrogen (secondary N) is 2. The second kappa shape index (κ2) is 7.38. The molecule has 1 aromatic rings. The molecule has 2 amide bonds. The molecular formula is C12H16ClN5O. The van der Waals surface area contributed by atoms with Crippen LogP contribution in [0.15, 0.2) is 31.0 Å². The van der Waals surface area contributed by atoms with Gasteiger partial charge in [0.05, 0.1) is 10.7 Å². The molecule has 0 radical (unpaired) electrons. The molecule has 102 valence electrons. The molecule has 0 spiro atoms. The molecule has 0 saturated carbocycles. The number of nitrogens with zero attached hydrogens (tertiary/aromatic N) is 2. The highest BCUT2D eigenvalue weighted by atomic mass is 35.5. The van der Waals surface area contributed by atoms with Crippen molar-refractivity contribution in [2.45, 2.75) is 6.42 Å². The zero-order chi connectivity index (χ0) is 14.3. The molecule has 0 aromatic carbocycles. The van der Waals surface area contributed by atoms with Gasteiger partial charge >= 0.3 is 6.03 Å². The van der Waals surface area contributed by atoms with Crippen molar-refractivity contribution in [2.75, 3.05) is 13.1 Å². The van der Waals surface area contributed by atoms with Crippen LogP contribution in [0.4, 0.5) is 4.79 Å². The van der Waals surface area contributed by atoms with Crippen molar-refractivity contribution >= 4 is 23.6 Å². The van der Waals surface area contributed by atoms with E-state index in [0.29, 0.717) is 23.7 Å². The Hall–Kier alpha value is -2.08. The Labute approximate surface area is 116 Å². The lowest BCUT2D eigenvalue weighted by molar-refractivity contribution is 0.221. The van der Waals surface area contributed by atoms with Gasteiger partial charge in [-0.2, -0.15) is 0 Å². The first-order valence-electron chi connectivity index (χ1n) is 5.66. The topological polar surface area (TPSA) is 95.1 Å². The first-order chi connectivity index (χ1) is 9.06. The third kappa shape index (κ3) is 4.59. The van der Waals surface area contributed by atoms with Crippen LogP contribution in [-0.2, 0) is 6.42 Å². The fourth-order valence-electron chi connectivity index (χ4n) is 1.41. The van der Waals surface area contributed by atoms with Crippen LogP contribution < -0.4 is 11.1 Å². The summed E-state index contributed by atoms with van der Waals surface area (Å²) in [4.78, 5) is 17.0. The molecule has 0 bridgehead atoms. The van der Waals surface area contributed by atoms with E-state index in [-0.39, 0.29) is 12.5 Å². The largest absolute Gasteiger partial charge is 0.370 e. The van der Waals surface area contributed by atoms with Crippen molar-refractivity contribution in [3.63, 3.8) is 0 Å². The van der Waals surface area contributed by atoms with Crippen molar-refractivity contribution in [2.24, 2.45) is 5.73 Å². The maximum Gasteiger partial charge on any atom is 0.324 e. The molecule has 19 heavy (non-hydrogen) atoms. The summed E-state index contributed by atoms with van der Waals surface area (Å²) in [5, 5.41) is 10.5. The zero-order valence-electron chi connectivity index (χ0n) is 10.4. The highest BCUT2D eigenvalue weighted by molar-refractivity contribution is 6.31. The number of rotatable bonds is 5. The molecule has 0 atom stereocenters. The molecule has 0 aliphatic heterocycles. The van der Waals surface area contributed by atoms with Gasteiger partial charge in [0.15, 0.2) is 5.96 Å². The Kier molecular flexibility index (Phi) is 5.81. The van der Waals surface area contributed by atoms with E-state index >= 15 is 0 Å². The lowest BCUT2D eigenvalue weighted by atomic mass is 10.2. The third-order valence-corrected chi connectivity index (χ3v) is 2.68. The highest BCUT2D eigenvalue weighted by Crippen LogP contribution is 2.12. The first kappa shape index (κ1) is 15.0. The average Bonchev–Trinajstić information content (AvgIpc) is 2.38. The van der Waals surface area contributed by atoms with Crippen LogP contribution in [0.2, 0.25) is 5.02 Å². The van der Waals surface area contributed by atoms with E-state index in [1.54, 1.807) is 24.4 Å². The quantitative estimate of drug-likeness (QED) is 0.432. The molecule has 6 nitrogen and oxygen atoms in total. The van der Waals surface area contributed by atoms with Crippen LogP contribution in [0.5, 0.6) is 0 Å². The molecule has 4 N–H and O–H groups in total. The molecular weight excluding hydrogens is 266 g/mol. The van der Waals surface area contributed by atoms with Gasteiger partial charge in [-0.3, -0.25) is 15.3 Å². The van der Waals surface area contributed by atoms with Crippen molar-refractivity contribution in [1.82, 2.24) is 15.2 Å². The predicted molar refractivity (Wildman–Crippen MR) is 75.2 cm³/mol. The highest BCUT2D eigenvalue weighted by Gasteiger charge is 2.16. The number of carbonyl (C=O) groups is 1. The van der Waals surface area contributed by atoms with Crippen molar-refractivity contribution in [1.29, 1.82) is 5.41 Å². The van der Waals surface area contributed by atoms with Gasteiger partial charge < -0.3 is 11.1 Å². The van der Waals surface area contributed by atoms with Gasteiger partial charge in [-0.25, -0.2) is 4.79 Å². The number of halogens is 1. The van der Waals surface area contributed by atoms with Gasteiger partial charge in [0.2, 0.25) is 0 Å². The molecule has 0 aliphatic rings. The van der Waals surface area contributed by atoms with Crippen LogP contribution in [0.1, 0.15) is 5.69 Å². The number of hydrogen-bond donors (Lipinski definition) is 3.